The highest BCUT2D eigenvalue weighted by Crippen LogP contribution is 2.21. The zero-order valence-electron chi connectivity index (χ0n) is 15.1. The third kappa shape index (κ3) is 21.2. The van der Waals surface area contributed by atoms with Gasteiger partial charge >= 0.3 is 0 Å². The molecule has 0 spiro atoms. The first-order valence-electron chi connectivity index (χ1n) is 9.17. The Kier molecular flexibility index (Phi) is 25.6. The van der Waals surface area contributed by atoms with Crippen molar-refractivity contribution in [1.29, 1.82) is 0 Å². The molecule has 1 atom stereocenters. The molecule has 0 heterocycles. The van der Waals surface area contributed by atoms with Gasteiger partial charge in [0.2, 0.25) is 0 Å². The van der Waals surface area contributed by atoms with Crippen molar-refractivity contribution in [1.82, 2.24) is 0 Å². The second kappa shape index (κ2) is 22.1. The van der Waals surface area contributed by atoms with Crippen molar-refractivity contribution in [3.63, 3.8) is 0 Å². The van der Waals surface area contributed by atoms with Gasteiger partial charge < -0.3 is 0 Å². The fraction of sp³-hybridized carbons (Fsp3) is 1.00. The molecule has 1 unspecified atom stereocenters. The van der Waals surface area contributed by atoms with Crippen LogP contribution in [0.1, 0.15) is 86.0 Å². The zero-order valence-corrected chi connectivity index (χ0v) is 17.1. The minimum absolute atomic E-state index is 1.02. The summed E-state index contributed by atoms with van der Waals surface area (Å²) in [5, 5.41) is 0. The van der Waals surface area contributed by atoms with Gasteiger partial charge in [0.15, 0.2) is 0 Å². The van der Waals surface area contributed by atoms with Gasteiger partial charge in [0.1, 0.15) is 0 Å². The largest absolute Gasteiger partial charge is 0.122 e. The average Bonchev–Trinajstić information content (AvgIpc) is 2.48. The lowest BCUT2D eigenvalue weighted by Gasteiger charge is -2.10. The highest BCUT2D eigenvalue weighted by molar-refractivity contribution is 7.38. The van der Waals surface area contributed by atoms with Crippen molar-refractivity contribution in [3.05, 3.63) is 0 Å². The van der Waals surface area contributed by atoms with E-state index >= 15 is 0 Å². The molecule has 124 valence electrons. The number of hydrogen-bond donors (Lipinski definition) is 0. The van der Waals surface area contributed by atoms with Crippen LogP contribution in [0.15, 0.2) is 0 Å². The van der Waals surface area contributed by atoms with E-state index < -0.39 is 0 Å². The van der Waals surface area contributed by atoms with Crippen LogP contribution < -0.4 is 0 Å². The molecule has 2 heteroatoms. The minimum atomic E-state index is 1.02. The molecule has 20 heavy (non-hydrogen) atoms. The molecule has 0 saturated heterocycles. The summed E-state index contributed by atoms with van der Waals surface area (Å²) in [6, 6.07) is 0. The molecule has 0 aromatic rings. The summed E-state index contributed by atoms with van der Waals surface area (Å²) in [4.78, 5) is 0. The lowest BCUT2D eigenvalue weighted by molar-refractivity contribution is 0.552. The number of unbranched alkanes of at least 4 members (excludes halogenated alkanes) is 3. The van der Waals surface area contributed by atoms with Gasteiger partial charge in [-0.2, -0.15) is 0 Å². The van der Waals surface area contributed by atoms with Gasteiger partial charge in [-0.05, 0) is 49.8 Å². The van der Waals surface area contributed by atoms with Gasteiger partial charge in [-0.1, -0.05) is 66.7 Å². The lowest BCUT2D eigenvalue weighted by Crippen LogP contribution is -1.99. The Hall–Kier alpha value is 0.860. The Morgan fingerprint density at radius 2 is 1.00 bits per heavy atom. The Morgan fingerprint density at radius 1 is 0.600 bits per heavy atom. The van der Waals surface area contributed by atoms with Gasteiger partial charge in [0.25, 0.3) is 0 Å². The van der Waals surface area contributed by atoms with Crippen LogP contribution in [-0.4, -0.2) is 24.6 Å². The molecule has 0 aliphatic rings. The quantitative estimate of drug-likeness (QED) is 0.249. The fourth-order valence-corrected chi connectivity index (χ4v) is 5.16. The van der Waals surface area contributed by atoms with Crippen molar-refractivity contribution in [2.24, 2.45) is 5.92 Å². The first-order chi connectivity index (χ1) is 9.76. The standard InChI is InChI=1S/C10H23P.C8H19P/c1-4-7-8-11-9-10(5-2)6-3;1-3-5-7-9-8-6-4-2/h10-11H,4-9H2,1-3H3;9H,3-8H2,1-2H3. The van der Waals surface area contributed by atoms with Crippen LogP contribution in [0.5, 0.6) is 0 Å². The Morgan fingerprint density at radius 3 is 1.35 bits per heavy atom. The van der Waals surface area contributed by atoms with E-state index in [0.717, 1.165) is 5.92 Å². The SMILES string of the molecule is CCCCPCC(CC)CC.CCCCPCCCC. The third-order valence-corrected chi connectivity index (χ3v) is 6.70. The summed E-state index contributed by atoms with van der Waals surface area (Å²) in [7, 11) is 2.48. The summed E-state index contributed by atoms with van der Waals surface area (Å²) < 4.78 is 0. The molecule has 0 rings (SSSR count). The molecule has 0 aromatic carbocycles. The number of rotatable bonds is 13. The van der Waals surface area contributed by atoms with E-state index in [-0.39, 0.29) is 0 Å². The van der Waals surface area contributed by atoms with Gasteiger partial charge in [0, 0.05) is 0 Å². The summed E-state index contributed by atoms with van der Waals surface area (Å²) in [6.45, 7) is 11.5. The molecule has 0 nitrogen and oxygen atoms in total. The van der Waals surface area contributed by atoms with Crippen LogP contribution in [0.4, 0.5) is 0 Å². The van der Waals surface area contributed by atoms with Crippen LogP contribution in [0, 0.1) is 5.92 Å². The molecule has 0 saturated carbocycles. The maximum atomic E-state index is 2.32. The molecule has 0 bridgehead atoms. The Labute approximate surface area is 134 Å². The van der Waals surface area contributed by atoms with Gasteiger partial charge in [-0.15, -0.1) is 17.2 Å². The Balaban J connectivity index is 0. The van der Waals surface area contributed by atoms with Crippen molar-refractivity contribution in [2.75, 3.05) is 24.6 Å². The van der Waals surface area contributed by atoms with E-state index in [1.807, 2.05) is 0 Å². The van der Waals surface area contributed by atoms with Crippen molar-refractivity contribution < 1.29 is 0 Å². The van der Waals surface area contributed by atoms with E-state index in [9.17, 15) is 0 Å². The first-order valence-corrected chi connectivity index (χ1v) is 12.0. The third-order valence-electron chi connectivity index (χ3n) is 3.71. The predicted molar refractivity (Wildman–Crippen MR) is 105 cm³/mol. The predicted octanol–water partition coefficient (Wildman–Crippen LogP) is 7.17. The monoisotopic (exact) mass is 320 g/mol. The molecule has 0 amide bonds. The van der Waals surface area contributed by atoms with Crippen LogP contribution in [0.3, 0.4) is 0 Å². The van der Waals surface area contributed by atoms with E-state index in [1.54, 1.807) is 0 Å². The van der Waals surface area contributed by atoms with E-state index in [2.05, 4.69) is 34.6 Å². The normalized spacial score (nSPS) is 11.1. The van der Waals surface area contributed by atoms with Crippen LogP contribution in [0.2, 0.25) is 0 Å². The molecular weight excluding hydrogens is 278 g/mol. The maximum Gasteiger partial charge on any atom is -0.0325 e. The first kappa shape index (κ1) is 23.1. The highest BCUT2D eigenvalue weighted by Gasteiger charge is 2.01. The van der Waals surface area contributed by atoms with Crippen LogP contribution in [0.25, 0.3) is 0 Å². The highest BCUT2D eigenvalue weighted by atomic mass is 31.1. The summed E-state index contributed by atoms with van der Waals surface area (Å²) in [5.41, 5.74) is 0. The average molecular weight is 320 g/mol. The summed E-state index contributed by atoms with van der Waals surface area (Å²) in [5.74, 6) is 1.02. The lowest BCUT2D eigenvalue weighted by atomic mass is 10.1. The summed E-state index contributed by atoms with van der Waals surface area (Å²) in [6.07, 6.45) is 17.2. The molecule has 0 fully saturated rings. The second-order valence-corrected chi connectivity index (χ2v) is 8.61. The van der Waals surface area contributed by atoms with Gasteiger partial charge in [-0.3, -0.25) is 0 Å². The molecule has 0 radical (unpaired) electrons. The van der Waals surface area contributed by atoms with Crippen molar-refractivity contribution >= 4 is 17.2 Å². The molecule has 0 aliphatic carbocycles. The van der Waals surface area contributed by atoms with Crippen LogP contribution in [-0.2, 0) is 0 Å². The van der Waals surface area contributed by atoms with Crippen molar-refractivity contribution in [2.45, 2.75) is 86.0 Å². The van der Waals surface area contributed by atoms with E-state index in [4.69, 9.17) is 0 Å². The zero-order chi connectivity index (χ0) is 15.5. The van der Waals surface area contributed by atoms with E-state index in [0.29, 0.717) is 0 Å². The molecule has 0 aliphatic heterocycles. The van der Waals surface area contributed by atoms with E-state index in [1.165, 1.54) is 93.2 Å². The second-order valence-electron chi connectivity index (χ2n) is 5.70. The minimum Gasteiger partial charge on any atom is -0.122 e. The van der Waals surface area contributed by atoms with Gasteiger partial charge in [0.05, 0.1) is 0 Å². The van der Waals surface area contributed by atoms with Gasteiger partial charge in [-0.25, -0.2) is 0 Å². The molecule has 0 N–H and O–H groups in total. The topological polar surface area (TPSA) is 0 Å². The fourth-order valence-electron chi connectivity index (χ4n) is 1.91. The van der Waals surface area contributed by atoms with Crippen LogP contribution >= 0.6 is 17.2 Å². The van der Waals surface area contributed by atoms with Crippen molar-refractivity contribution in [3.8, 4) is 0 Å². The number of hydrogen-bond acceptors (Lipinski definition) is 0. The Bertz CT molecular complexity index is 138. The maximum absolute atomic E-state index is 2.32. The molecular formula is C18H42P2. The molecule has 0 aromatic heterocycles. The summed E-state index contributed by atoms with van der Waals surface area (Å²) >= 11 is 0. The smallest absolute Gasteiger partial charge is 0.0325 e.